The Morgan fingerprint density at radius 3 is 2.50 bits per heavy atom. The Labute approximate surface area is 162 Å². The molecule has 0 heterocycles. The first-order valence-electron chi connectivity index (χ1n) is 8.30. The molecule has 0 amide bonds. The van der Waals surface area contributed by atoms with Crippen LogP contribution in [0.15, 0.2) is 29.3 Å². The lowest BCUT2D eigenvalue weighted by Gasteiger charge is -2.10. The maximum atomic E-state index is 11.0. The van der Waals surface area contributed by atoms with Crippen molar-refractivity contribution in [2.45, 2.75) is 51.9 Å². The van der Waals surface area contributed by atoms with Gasteiger partial charge in [-0.25, -0.2) is 0 Å². The van der Waals surface area contributed by atoms with E-state index < -0.39 is 0 Å². The van der Waals surface area contributed by atoms with E-state index in [-0.39, 0.29) is 29.9 Å². The second-order valence-electron chi connectivity index (χ2n) is 5.71. The molecule has 6 heteroatoms. The van der Waals surface area contributed by atoms with Crippen molar-refractivity contribution in [1.82, 2.24) is 0 Å². The summed E-state index contributed by atoms with van der Waals surface area (Å²) < 4.78 is 4.60. The van der Waals surface area contributed by atoms with E-state index in [4.69, 9.17) is 5.73 Å². The number of carbonyl (C=O) groups excluding carboxylic acids is 1. The minimum Gasteiger partial charge on any atom is -0.469 e. The van der Waals surface area contributed by atoms with Gasteiger partial charge < -0.3 is 15.8 Å². The van der Waals surface area contributed by atoms with Gasteiger partial charge in [-0.3, -0.25) is 9.79 Å². The molecule has 1 aromatic carbocycles. The Hall–Kier alpha value is -1.31. The maximum Gasteiger partial charge on any atom is 0.305 e. The minimum atomic E-state index is -0.157. The number of rotatable bonds is 9. The molecule has 0 bridgehead atoms. The standard InChI is InChI=1S/C18H29N3O2.HI/c1-4-14(2)15-9-11-16(12-10-15)21-18(19)20-13-7-5-6-8-17(22)23-3;/h9-12,14H,4-8,13H2,1-3H3,(H3,19,20,21);1H. The number of nitrogens with two attached hydrogens (primary N) is 1. The molecule has 0 saturated heterocycles. The zero-order valence-electron chi connectivity index (χ0n) is 14.9. The number of nitrogens with one attached hydrogen (secondary N) is 1. The van der Waals surface area contributed by atoms with Crippen LogP contribution in [0, 0.1) is 0 Å². The molecule has 0 radical (unpaired) electrons. The third-order valence-electron chi connectivity index (χ3n) is 3.91. The number of guanidine groups is 1. The van der Waals surface area contributed by atoms with Crippen molar-refractivity contribution >= 4 is 41.6 Å². The number of carbonyl (C=O) groups is 1. The van der Waals surface area contributed by atoms with Crippen LogP contribution in [-0.4, -0.2) is 25.6 Å². The summed E-state index contributed by atoms with van der Waals surface area (Å²) in [5.41, 5.74) is 8.16. The normalized spacial score (nSPS) is 12.2. The summed E-state index contributed by atoms with van der Waals surface area (Å²) in [6.07, 6.45) is 4.28. The van der Waals surface area contributed by atoms with Crippen molar-refractivity contribution in [3.05, 3.63) is 29.8 Å². The first-order chi connectivity index (χ1) is 11.1. The number of anilines is 1. The average Bonchev–Trinajstić information content (AvgIpc) is 2.57. The number of aliphatic imine (C=N–C) groups is 1. The van der Waals surface area contributed by atoms with E-state index >= 15 is 0 Å². The Bertz CT molecular complexity index is 503. The number of hydrogen-bond donors (Lipinski definition) is 2. The predicted octanol–water partition coefficient (Wildman–Crippen LogP) is 4.28. The molecule has 0 aromatic heterocycles. The number of methoxy groups -OCH3 is 1. The average molecular weight is 447 g/mol. The molecule has 0 aliphatic carbocycles. The van der Waals surface area contributed by atoms with Gasteiger partial charge in [0.2, 0.25) is 0 Å². The topological polar surface area (TPSA) is 76.7 Å². The zero-order chi connectivity index (χ0) is 17.1. The molecule has 1 rings (SSSR count). The summed E-state index contributed by atoms with van der Waals surface area (Å²) >= 11 is 0. The summed E-state index contributed by atoms with van der Waals surface area (Å²) in [5, 5.41) is 3.10. The number of esters is 1. The Morgan fingerprint density at radius 2 is 1.92 bits per heavy atom. The van der Waals surface area contributed by atoms with Gasteiger partial charge >= 0.3 is 5.97 Å². The monoisotopic (exact) mass is 447 g/mol. The van der Waals surface area contributed by atoms with Crippen LogP contribution in [0.2, 0.25) is 0 Å². The van der Waals surface area contributed by atoms with E-state index in [9.17, 15) is 4.79 Å². The van der Waals surface area contributed by atoms with E-state index in [0.29, 0.717) is 24.8 Å². The summed E-state index contributed by atoms with van der Waals surface area (Å²) in [6, 6.07) is 8.30. The van der Waals surface area contributed by atoms with Gasteiger partial charge in [-0.15, -0.1) is 24.0 Å². The molecule has 1 aromatic rings. The highest BCUT2D eigenvalue weighted by atomic mass is 127. The number of nitrogens with zero attached hydrogens (tertiary/aromatic N) is 1. The fourth-order valence-corrected chi connectivity index (χ4v) is 2.18. The Morgan fingerprint density at radius 1 is 1.25 bits per heavy atom. The molecule has 0 fully saturated rings. The number of ether oxygens (including phenoxy) is 1. The van der Waals surface area contributed by atoms with E-state index in [1.165, 1.54) is 12.7 Å². The van der Waals surface area contributed by atoms with Crippen LogP contribution in [0.1, 0.15) is 57.4 Å². The molecule has 136 valence electrons. The first kappa shape index (κ1) is 22.7. The van der Waals surface area contributed by atoms with E-state index in [2.05, 4.69) is 41.0 Å². The molecule has 0 aliphatic rings. The van der Waals surface area contributed by atoms with Gasteiger partial charge in [0, 0.05) is 18.7 Å². The molecule has 0 saturated carbocycles. The van der Waals surface area contributed by atoms with Gasteiger partial charge in [-0.05, 0) is 42.9 Å². The Kier molecular flexibility index (Phi) is 12.3. The van der Waals surface area contributed by atoms with Crippen LogP contribution in [0.5, 0.6) is 0 Å². The lowest BCUT2D eigenvalue weighted by Crippen LogP contribution is -2.22. The molecular weight excluding hydrogens is 417 g/mol. The third-order valence-corrected chi connectivity index (χ3v) is 3.91. The molecule has 3 N–H and O–H groups in total. The lowest BCUT2D eigenvalue weighted by atomic mass is 9.99. The van der Waals surface area contributed by atoms with Crippen LogP contribution in [0.25, 0.3) is 0 Å². The van der Waals surface area contributed by atoms with E-state index in [0.717, 1.165) is 31.4 Å². The summed E-state index contributed by atoms with van der Waals surface area (Å²) in [6.45, 7) is 5.07. The van der Waals surface area contributed by atoms with Crippen LogP contribution < -0.4 is 11.1 Å². The van der Waals surface area contributed by atoms with Crippen LogP contribution >= 0.6 is 24.0 Å². The van der Waals surface area contributed by atoms with Crippen molar-refractivity contribution in [2.75, 3.05) is 19.0 Å². The Balaban J connectivity index is 0.00000529. The van der Waals surface area contributed by atoms with Crippen LogP contribution in [0.4, 0.5) is 5.69 Å². The highest BCUT2D eigenvalue weighted by molar-refractivity contribution is 14.0. The number of hydrogen-bond acceptors (Lipinski definition) is 3. The fourth-order valence-electron chi connectivity index (χ4n) is 2.18. The first-order valence-corrected chi connectivity index (χ1v) is 8.30. The highest BCUT2D eigenvalue weighted by Crippen LogP contribution is 2.20. The van der Waals surface area contributed by atoms with Crippen molar-refractivity contribution < 1.29 is 9.53 Å². The van der Waals surface area contributed by atoms with E-state index in [1.807, 2.05) is 12.1 Å². The quantitative estimate of drug-likeness (QED) is 0.195. The molecule has 0 spiro atoms. The highest BCUT2D eigenvalue weighted by Gasteiger charge is 2.03. The SMILES string of the molecule is CCC(C)c1ccc(NC(N)=NCCCCCC(=O)OC)cc1.I. The zero-order valence-corrected chi connectivity index (χ0v) is 17.2. The van der Waals surface area contributed by atoms with Gasteiger partial charge in [0.1, 0.15) is 0 Å². The predicted molar refractivity (Wildman–Crippen MR) is 111 cm³/mol. The molecule has 5 nitrogen and oxygen atoms in total. The molecule has 24 heavy (non-hydrogen) atoms. The smallest absolute Gasteiger partial charge is 0.305 e. The summed E-state index contributed by atoms with van der Waals surface area (Å²) in [4.78, 5) is 15.3. The van der Waals surface area contributed by atoms with Crippen LogP contribution in [-0.2, 0) is 9.53 Å². The number of halogens is 1. The van der Waals surface area contributed by atoms with Crippen molar-refractivity contribution in [3.63, 3.8) is 0 Å². The van der Waals surface area contributed by atoms with Crippen molar-refractivity contribution in [1.29, 1.82) is 0 Å². The van der Waals surface area contributed by atoms with Gasteiger partial charge in [0.15, 0.2) is 5.96 Å². The number of benzene rings is 1. The van der Waals surface area contributed by atoms with Gasteiger partial charge in [0.25, 0.3) is 0 Å². The van der Waals surface area contributed by atoms with Gasteiger partial charge in [0.05, 0.1) is 7.11 Å². The van der Waals surface area contributed by atoms with Crippen LogP contribution in [0.3, 0.4) is 0 Å². The molecule has 0 aliphatic heterocycles. The summed E-state index contributed by atoms with van der Waals surface area (Å²) in [7, 11) is 1.41. The van der Waals surface area contributed by atoms with Crippen molar-refractivity contribution in [3.8, 4) is 0 Å². The second-order valence-corrected chi connectivity index (χ2v) is 5.71. The molecule has 1 atom stereocenters. The molecular formula is C18H30IN3O2. The minimum absolute atomic E-state index is 0. The maximum absolute atomic E-state index is 11.0. The third kappa shape index (κ3) is 9.10. The van der Waals surface area contributed by atoms with Crippen molar-refractivity contribution in [2.24, 2.45) is 10.7 Å². The molecule has 1 unspecified atom stereocenters. The van der Waals surface area contributed by atoms with Gasteiger partial charge in [-0.2, -0.15) is 0 Å². The second kappa shape index (κ2) is 13.0. The summed E-state index contributed by atoms with van der Waals surface area (Å²) in [5.74, 6) is 0.838. The fraction of sp³-hybridized carbons (Fsp3) is 0.556. The largest absolute Gasteiger partial charge is 0.469 e. The van der Waals surface area contributed by atoms with Gasteiger partial charge in [-0.1, -0.05) is 32.4 Å². The lowest BCUT2D eigenvalue weighted by molar-refractivity contribution is -0.140. The van der Waals surface area contributed by atoms with E-state index in [1.54, 1.807) is 0 Å². The number of unbranched alkanes of at least 4 members (excludes halogenated alkanes) is 2.